The number of fused-ring (bicyclic) bond motifs is 1. The summed E-state index contributed by atoms with van der Waals surface area (Å²) in [6.45, 7) is 5.95. The van der Waals surface area contributed by atoms with Crippen LogP contribution in [0.5, 0.6) is 0 Å². The predicted molar refractivity (Wildman–Crippen MR) is 99.1 cm³/mol. The van der Waals surface area contributed by atoms with Crippen LogP contribution in [0.2, 0.25) is 0 Å². The van der Waals surface area contributed by atoms with Crippen LogP contribution in [0.25, 0.3) is 0 Å². The number of benzene rings is 2. The maximum absolute atomic E-state index is 13.8. The van der Waals surface area contributed by atoms with E-state index in [1.807, 2.05) is 20.8 Å². The minimum Gasteiger partial charge on any atom is -0.311 e. The van der Waals surface area contributed by atoms with Crippen LogP contribution in [-0.2, 0) is 21.2 Å². The van der Waals surface area contributed by atoms with Crippen molar-refractivity contribution in [3.05, 3.63) is 53.6 Å². The highest BCUT2D eigenvalue weighted by atomic mass is 32.2. The van der Waals surface area contributed by atoms with Crippen LogP contribution in [0.1, 0.15) is 26.3 Å². The number of rotatable bonds is 3. The number of carbonyl (C=O) groups excluding carboxylic acids is 1. The van der Waals surface area contributed by atoms with Gasteiger partial charge in [-0.25, -0.2) is 17.2 Å². The van der Waals surface area contributed by atoms with E-state index in [-0.39, 0.29) is 11.6 Å². The summed E-state index contributed by atoms with van der Waals surface area (Å²) in [6.07, 6.45) is 0.669. The van der Waals surface area contributed by atoms with Crippen LogP contribution >= 0.6 is 0 Å². The second-order valence-corrected chi connectivity index (χ2v) is 9.13. The lowest BCUT2D eigenvalue weighted by molar-refractivity contribution is -0.125. The van der Waals surface area contributed by atoms with E-state index < -0.39 is 32.0 Å². The van der Waals surface area contributed by atoms with Crippen molar-refractivity contribution in [2.45, 2.75) is 32.1 Å². The Morgan fingerprint density at radius 3 is 2.48 bits per heavy atom. The fourth-order valence-electron chi connectivity index (χ4n) is 2.95. The zero-order valence-electron chi connectivity index (χ0n) is 15.2. The minimum absolute atomic E-state index is 0.0718. The topological polar surface area (TPSA) is 66.5 Å². The van der Waals surface area contributed by atoms with Crippen molar-refractivity contribution in [2.75, 3.05) is 16.2 Å². The summed E-state index contributed by atoms with van der Waals surface area (Å²) >= 11 is 0. The average Bonchev–Trinajstić information content (AvgIpc) is 2.98. The molecule has 8 heteroatoms. The van der Waals surface area contributed by atoms with Crippen molar-refractivity contribution in [3.63, 3.8) is 0 Å². The maximum atomic E-state index is 13.8. The number of halogens is 2. The molecule has 1 amide bonds. The summed E-state index contributed by atoms with van der Waals surface area (Å²) in [5.41, 5.74) is 1.13. The lowest BCUT2D eigenvalue weighted by Gasteiger charge is -2.26. The fraction of sp³-hybridized carbons (Fsp3) is 0.316. The molecule has 0 bridgehead atoms. The molecule has 1 N–H and O–H groups in total. The van der Waals surface area contributed by atoms with E-state index in [0.29, 0.717) is 24.7 Å². The van der Waals surface area contributed by atoms with Gasteiger partial charge in [0.1, 0.15) is 16.5 Å². The molecule has 0 radical (unpaired) electrons. The number of carbonyl (C=O) groups is 1. The molecule has 0 fully saturated rings. The van der Waals surface area contributed by atoms with Crippen LogP contribution in [0.4, 0.5) is 20.2 Å². The van der Waals surface area contributed by atoms with Gasteiger partial charge < -0.3 is 4.90 Å². The normalized spacial score (nSPS) is 14.2. The molecule has 0 atom stereocenters. The molecule has 0 saturated carbocycles. The molecular formula is C19H20F2N2O3S. The molecule has 1 aliphatic heterocycles. The summed E-state index contributed by atoms with van der Waals surface area (Å²) in [7, 11) is -4.32. The Balaban J connectivity index is 1.94. The Morgan fingerprint density at radius 1 is 1.11 bits per heavy atom. The Bertz CT molecular complexity index is 1010. The van der Waals surface area contributed by atoms with Gasteiger partial charge in [-0.15, -0.1) is 0 Å². The number of nitrogens with zero attached hydrogens (tertiary/aromatic N) is 1. The molecular weight excluding hydrogens is 374 g/mol. The van der Waals surface area contributed by atoms with Crippen LogP contribution < -0.4 is 9.62 Å². The largest absolute Gasteiger partial charge is 0.311 e. The Kier molecular flexibility index (Phi) is 4.71. The number of anilines is 2. The van der Waals surface area contributed by atoms with Gasteiger partial charge in [0.05, 0.1) is 5.69 Å². The Morgan fingerprint density at radius 2 is 1.81 bits per heavy atom. The van der Waals surface area contributed by atoms with Crippen LogP contribution in [-0.4, -0.2) is 20.9 Å². The van der Waals surface area contributed by atoms with Gasteiger partial charge in [-0.05, 0) is 42.3 Å². The van der Waals surface area contributed by atoms with E-state index >= 15 is 0 Å². The van der Waals surface area contributed by atoms with Crippen molar-refractivity contribution in [3.8, 4) is 0 Å². The molecule has 0 spiro atoms. The van der Waals surface area contributed by atoms with Gasteiger partial charge in [0.15, 0.2) is 0 Å². The van der Waals surface area contributed by atoms with Gasteiger partial charge in [-0.3, -0.25) is 9.52 Å². The molecule has 0 aromatic heterocycles. The number of amides is 1. The van der Waals surface area contributed by atoms with E-state index in [1.165, 1.54) is 0 Å². The summed E-state index contributed by atoms with van der Waals surface area (Å²) in [5.74, 6) is -1.97. The van der Waals surface area contributed by atoms with Gasteiger partial charge >= 0.3 is 0 Å². The second-order valence-electron chi connectivity index (χ2n) is 7.48. The monoisotopic (exact) mass is 394 g/mol. The zero-order valence-corrected chi connectivity index (χ0v) is 16.0. The van der Waals surface area contributed by atoms with E-state index in [4.69, 9.17) is 0 Å². The molecule has 1 heterocycles. The smallest absolute Gasteiger partial charge is 0.264 e. The number of sulfonamides is 1. The first-order chi connectivity index (χ1) is 12.5. The quantitative estimate of drug-likeness (QED) is 0.863. The summed E-state index contributed by atoms with van der Waals surface area (Å²) in [4.78, 5) is 13.5. The van der Waals surface area contributed by atoms with E-state index in [0.717, 1.165) is 17.7 Å². The number of hydrogen-bond acceptors (Lipinski definition) is 3. The molecule has 2 aromatic rings. The highest BCUT2D eigenvalue weighted by Gasteiger charge is 2.32. The van der Waals surface area contributed by atoms with Gasteiger partial charge in [0.2, 0.25) is 5.91 Å². The van der Waals surface area contributed by atoms with E-state index in [2.05, 4.69) is 4.72 Å². The lowest BCUT2D eigenvalue weighted by Crippen LogP contribution is -2.38. The first-order valence-electron chi connectivity index (χ1n) is 8.42. The van der Waals surface area contributed by atoms with Crippen LogP contribution in [0.3, 0.4) is 0 Å². The minimum atomic E-state index is -4.32. The van der Waals surface area contributed by atoms with Crippen molar-refractivity contribution >= 4 is 27.3 Å². The molecule has 0 saturated heterocycles. The van der Waals surface area contributed by atoms with Gasteiger partial charge in [0, 0.05) is 17.6 Å². The van der Waals surface area contributed by atoms with Crippen LogP contribution in [0.15, 0.2) is 41.3 Å². The Hall–Kier alpha value is -2.48. The van der Waals surface area contributed by atoms with Gasteiger partial charge in [-0.1, -0.05) is 26.8 Å². The first-order valence-corrected chi connectivity index (χ1v) is 9.90. The Labute approximate surface area is 157 Å². The zero-order chi connectivity index (χ0) is 20.0. The standard InChI is InChI=1S/C19H20F2N2O3S/c1-19(2,3)18(24)23-9-8-12-4-6-14(11-16(12)23)22-27(25,26)17-10-13(20)5-7-15(17)21/h4-7,10-11,22H,8-9H2,1-3H3. The molecule has 0 aliphatic carbocycles. The fourth-order valence-corrected chi connectivity index (χ4v) is 4.09. The third-order valence-corrected chi connectivity index (χ3v) is 5.70. The third-order valence-electron chi connectivity index (χ3n) is 4.30. The van der Waals surface area contributed by atoms with Crippen LogP contribution in [0, 0.1) is 17.0 Å². The maximum Gasteiger partial charge on any atom is 0.264 e. The number of nitrogens with one attached hydrogen (secondary N) is 1. The van der Waals surface area contributed by atoms with Crippen molar-refractivity contribution in [2.24, 2.45) is 5.41 Å². The van der Waals surface area contributed by atoms with E-state index in [9.17, 15) is 22.0 Å². The molecule has 27 heavy (non-hydrogen) atoms. The molecule has 0 unspecified atom stereocenters. The van der Waals surface area contributed by atoms with E-state index in [1.54, 1.807) is 23.1 Å². The molecule has 1 aliphatic rings. The van der Waals surface area contributed by atoms with Crippen molar-refractivity contribution < 1.29 is 22.0 Å². The van der Waals surface area contributed by atoms with Gasteiger partial charge in [-0.2, -0.15) is 0 Å². The highest BCUT2D eigenvalue weighted by molar-refractivity contribution is 7.92. The predicted octanol–water partition coefficient (Wildman–Crippen LogP) is 3.70. The molecule has 5 nitrogen and oxygen atoms in total. The summed E-state index contributed by atoms with van der Waals surface area (Å²) in [5, 5.41) is 0. The third kappa shape index (κ3) is 3.80. The molecule has 3 rings (SSSR count). The average molecular weight is 394 g/mol. The lowest BCUT2D eigenvalue weighted by atomic mass is 9.94. The van der Waals surface area contributed by atoms with Crippen molar-refractivity contribution in [1.29, 1.82) is 0 Å². The number of hydrogen-bond donors (Lipinski definition) is 1. The highest BCUT2D eigenvalue weighted by Crippen LogP contribution is 2.34. The van der Waals surface area contributed by atoms with Gasteiger partial charge in [0.25, 0.3) is 10.0 Å². The summed E-state index contributed by atoms with van der Waals surface area (Å²) < 4.78 is 54.4. The second kappa shape index (κ2) is 6.60. The first kappa shape index (κ1) is 19.3. The summed E-state index contributed by atoms with van der Waals surface area (Å²) in [6, 6.07) is 7.04. The SMILES string of the molecule is CC(C)(C)C(=O)N1CCc2ccc(NS(=O)(=O)c3cc(F)ccc3F)cc21. The molecule has 2 aromatic carbocycles. The molecule has 144 valence electrons. The van der Waals surface area contributed by atoms with Crippen molar-refractivity contribution in [1.82, 2.24) is 0 Å².